The lowest BCUT2D eigenvalue weighted by atomic mass is 9.92. The number of hydrogen-bond acceptors (Lipinski definition) is 3. The fourth-order valence-corrected chi connectivity index (χ4v) is 3.44. The molecule has 1 aliphatic rings. The number of piperidine rings is 1. The number of anilines is 1. The van der Waals surface area contributed by atoms with E-state index in [1.165, 1.54) is 6.42 Å². The molecule has 4 heteroatoms. The minimum absolute atomic E-state index is 0.162. The van der Waals surface area contributed by atoms with E-state index in [-0.39, 0.29) is 11.5 Å². The van der Waals surface area contributed by atoms with Gasteiger partial charge in [-0.25, -0.2) is 0 Å². The molecule has 128 valence electrons. The fourth-order valence-electron chi connectivity index (χ4n) is 3.44. The lowest BCUT2D eigenvalue weighted by Crippen LogP contribution is -2.35. The molecule has 1 N–H and O–H groups in total. The number of likely N-dealkylation sites (tertiary alicyclic amines) is 1. The molecule has 1 amide bonds. The first-order chi connectivity index (χ1) is 11.4. The minimum Gasteiger partial charge on any atom is -0.376 e. The van der Waals surface area contributed by atoms with Crippen LogP contribution in [0.2, 0.25) is 0 Å². The molecule has 1 fully saturated rings. The summed E-state index contributed by atoms with van der Waals surface area (Å²) in [4.78, 5) is 14.6. The van der Waals surface area contributed by atoms with E-state index in [1.807, 2.05) is 24.3 Å². The average Bonchev–Trinajstić information content (AvgIpc) is 2.51. The van der Waals surface area contributed by atoms with Crippen molar-refractivity contribution in [3.63, 3.8) is 0 Å². The third-order valence-electron chi connectivity index (χ3n) is 4.40. The summed E-state index contributed by atoms with van der Waals surface area (Å²) in [5.41, 5.74) is 2.01. The third-order valence-corrected chi connectivity index (χ3v) is 4.40. The monoisotopic (exact) mass is 325 g/mol. The first-order valence-corrected chi connectivity index (χ1v) is 8.67. The first-order valence-electron chi connectivity index (χ1n) is 8.67. The Balaban J connectivity index is 2.15. The molecule has 1 heterocycles. The van der Waals surface area contributed by atoms with Crippen LogP contribution < -0.4 is 5.32 Å². The van der Waals surface area contributed by atoms with E-state index < -0.39 is 0 Å². The number of amides is 1. The van der Waals surface area contributed by atoms with E-state index in [0.29, 0.717) is 17.8 Å². The van der Waals surface area contributed by atoms with Gasteiger partial charge >= 0.3 is 0 Å². The highest BCUT2D eigenvalue weighted by molar-refractivity contribution is 6.06. The topological polar surface area (TPSA) is 56.1 Å². The Labute approximate surface area is 145 Å². The largest absolute Gasteiger partial charge is 0.376 e. The number of rotatable bonds is 4. The molecule has 4 nitrogen and oxygen atoms in total. The molecule has 2 rings (SSSR count). The van der Waals surface area contributed by atoms with E-state index >= 15 is 0 Å². The summed E-state index contributed by atoms with van der Waals surface area (Å²) in [6.45, 7) is 10.4. The molecular formula is C20H27N3O. The predicted octanol–water partition coefficient (Wildman–Crippen LogP) is 4.13. The number of benzene rings is 1. The highest BCUT2D eigenvalue weighted by Crippen LogP contribution is 2.25. The number of nitrogens with one attached hydrogen (secondary N) is 1. The molecule has 0 bridgehead atoms. The van der Waals surface area contributed by atoms with Crippen LogP contribution in [-0.2, 0) is 4.79 Å². The number of nitriles is 1. The summed E-state index contributed by atoms with van der Waals surface area (Å²) in [5, 5.41) is 12.3. The van der Waals surface area contributed by atoms with Gasteiger partial charge in [0.15, 0.2) is 0 Å². The molecule has 1 aromatic rings. The zero-order valence-corrected chi connectivity index (χ0v) is 15.0. The molecule has 0 aromatic heterocycles. The Morgan fingerprint density at radius 3 is 2.50 bits per heavy atom. The van der Waals surface area contributed by atoms with Gasteiger partial charge < -0.3 is 10.2 Å². The summed E-state index contributed by atoms with van der Waals surface area (Å²) < 4.78 is 0. The molecule has 1 aliphatic heterocycles. The normalized spacial score (nSPS) is 21.5. The zero-order chi connectivity index (χ0) is 17.7. The van der Waals surface area contributed by atoms with Crippen molar-refractivity contribution in [2.45, 2.75) is 40.0 Å². The number of carbonyl (C=O) groups is 1. The second-order valence-electron chi connectivity index (χ2n) is 7.25. The van der Waals surface area contributed by atoms with Crippen LogP contribution in [0.15, 0.2) is 36.0 Å². The maximum absolute atomic E-state index is 12.5. The summed E-state index contributed by atoms with van der Waals surface area (Å²) in [6.07, 6.45) is 2.92. The quantitative estimate of drug-likeness (QED) is 0.669. The van der Waals surface area contributed by atoms with Gasteiger partial charge in [0.05, 0.1) is 0 Å². The molecule has 0 saturated carbocycles. The Morgan fingerprint density at radius 2 is 1.92 bits per heavy atom. The van der Waals surface area contributed by atoms with Crippen molar-refractivity contribution in [2.24, 2.45) is 11.8 Å². The van der Waals surface area contributed by atoms with Gasteiger partial charge in [-0.1, -0.05) is 45.9 Å². The van der Waals surface area contributed by atoms with Gasteiger partial charge in [0, 0.05) is 25.0 Å². The Hall–Kier alpha value is -2.28. The number of carbonyl (C=O) groups excluding carboxylic acids is 1. The SMILES string of the molecule is CC1CC(C)CN(/C=C(/C#N)C(=O)Nc2ccccc2C(C)C)C1. The number of hydrogen-bond donors (Lipinski definition) is 1. The van der Waals surface area contributed by atoms with Crippen LogP contribution in [0.3, 0.4) is 0 Å². The molecule has 24 heavy (non-hydrogen) atoms. The standard InChI is InChI=1S/C20H27N3O/c1-14(2)18-7-5-6-8-19(18)22-20(24)17(10-21)13-23-11-15(3)9-16(4)12-23/h5-8,13-16H,9,11-12H2,1-4H3,(H,22,24)/b17-13-. The van der Waals surface area contributed by atoms with Gasteiger partial charge in [0.25, 0.3) is 5.91 Å². The fraction of sp³-hybridized carbons (Fsp3) is 0.500. The van der Waals surface area contributed by atoms with Crippen LogP contribution in [0, 0.1) is 23.2 Å². The molecule has 0 radical (unpaired) electrons. The van der Waals surface area contributed by atoms with Gasteiger partial charge in [0.2, 0.25) is 0 Å². The van der Waals surface area contributed by atoms with Crippen molar-refractivity contribution in [1.82, 2.24) is 4.90 Å². The summed E-state index contributed by atoms with van der Waals surface area (Å²) in [7, 11) is 0. The van der Waals surface area contributed by atoms with Gasteiger partial charge in [-0.05, 0) is 35.8 Å². The van der Waals surface area contributed by atoms with Crippen LogP contribution in [0.1, 0.15) is 45.6 Å². The lowest BCUT2D eigenvalue weighted by molar-refractivity contribution is -0.112. The van der Waals surface area contributed by atoms with Crippen molar-refractivity contribution < 1.29 is 4.79 Å². The van der Waals surface area contributed by atoms with Crippen LogP contribution in [-0.4, -0.2) is 23.9 Å². The Kier molecular flexibility index (Phi) is 6.03. The van der Waals surface area contributed by atoms with Crippen molar-refractivity contribution in [3.8, 4) is 6.07 Å². The van der Waals surface area contributed by atoms with E-state index in [9.17, 15) is 10.1 Å². The second-order valence-corrected chi connectivity index (χ2v) is 7.25. The van der Waals surface area contributed by atoms with Crippen molar-refractivity contribution >= 4 is 11.6 Å². The number of para-hydroxylation sites is 1. The summed E-state index contributed by atoms with van der Waals surface area (Å²) >= 11 is 0. The first kappa shape index (κ1) is 18.1. The highest BCUT2D eigenvalue weighted by atomic mass is 16.1. The molecule has 1 aromatic carbocycles. The Morgan fingerprint density at radius 1 is 1.29 bits per heavy atom. The predicted molar refractivity (Wildman–Crippen MR) is 97.4 cm³/mol. The van der Waals surface area contributed by atoms with E-state index in [2.05, 4.69) is 44.0 Å². The van der Waals surface area contributed by atoms with Crippen LogP contribution in [0.4, 0.5) is 5.69 Å². The molecule has 0 aliphatic carbocycles. The highest BCUT2D eigenvalue weighted by Gasteiger charge is 2.21. The van der Waals surface area contributed by atoms with Crippen LogP contribution in [0.25, 0.3) is 0 Å². The zero-order valence-electron chi connectivity index (χ0n) is 15.0. The summed E-state index contributed by atoms with van der Waals surface area (Å²) in [6, 6.07) is 9.80. The lowest BCUT2D eigenvalue weighted by Gasteiger charge is -2.34. The van der Waals surface area contributed by atoms with Crippen LogP contribution in [0.5, 0.6) is 0 Å². The van der Waals surface area contributed by atoms with Gasteiger partial charge in [-0.3, -0.25) is 4.79 Å². The number of nitrogens with zero attached hydrogens (tertiary/aromatic N) is 2. The van der Waals surface area contributed by atoms with Gasteiger partial charge in [0.1, 0.15) is 11.6 Å². The molecule has 2 unspecified atom stereocenters. The molecule has 0 spiro atoms. The molecule has 1 saturated heterocycles. The Bertz CT molecular complexity index is 647. The minimum atomic E-state index is -0.337. The second kappa shape index (κ2) is 8.01. The summed E-state index contributed by atoms with van der Waals surface area (Å²) in [5.74, 6) is 1.13. The van der Waals surface area contributed by atoms with Crippen molar-refractivity contribution in [1.29, 1.82) is 5.26 Å². The molecule has 2 atom stereocenters. The van der Waals surface area contributed by atoms with Crippen molar-refractivity contribution in [2.75, 3.05) is 18.4 Å². The maximum Gasteiger partial charge on any atom is 0.267 e. The van der Waals surface area contributed by atoms with Gasteiger partial charge in [-0.2, -0.15) is 5.26 Å². The van der Waals surface area contributed by atoms with Crippen LogP contribution >= 0.6 is 0 Å². The maximum atomic E-state index is 12.5. The van der Waals surface area contributed by atoms with E-state index in [4.69, 9.17) is 0 Å². The third kappa shape index (κ3) is 4.61. The molecular weight excluding hydrogens is 298 g/mol. The van der Waals surface area contributed by atoms with E-state index in [0.717, 1.165) is 24.3 Å². The van der Waals surface area contributed by atoms with Gasteiger partial charge in [-0.15, -0.1) is 0 Å². The smallest absolute Gasteiger partial charge is 0.267 e. The average molecular weight is 325 g/mol. The van der Waals surface area contributed by atoms with E-state index in [1.54, 1.807) is 6.20 Å². The van der Waals surface area contributed by atoms with Crippen molar-refractivity contribution in [3.05, 3.63) is 41.6 Å².